The first-order valence-electron chi connectivity index (χ1n) is 18.8. The molecule has 4 N–H and O–H groups in total. The number of hydrogen-bond acceptors (Lipinski definition) is 6. The van der Waals surface area contributed by atoms with E-state index in [1.807, 2.05) is 12.1 Å². The first kappa shape index (κ1) is 35.6. The predicted molar refractivity (Wildman–Crippen MR) is 198 cm³/mol. The number of nitrogens with zero attached hydrogens (tertiary/aromatic N) is 1. The highest BCUT2D eigenvalue weighted by Crippen LogP contribution is 2.77. The van der Waals surface area contributed by atoms with E-state index in [0.717, 1.165) is 44.9 Å². The van der Waals surface area contributed by atoms with E-state index in [4.69, 9.17) is 0 Å². The van der Waals surface area contributed by atoms with Gasteiger partial charge in [-0.25, -0.2) is 9.78 Å². The van der Waals surface area contributed by atoms with Crippen molar-refractivity contribution >= 4 is 33.9 Å². The van der Waals surface area contributed by atoms with Gasteiger partial charge in [-0.2, -0.15) is 0 Å². The highest BCUT2D eigenvalue weighted by Gasteiger charge is 2.71. The summed E-state index contributed by atoms with van der Waals surface area (Å²) in [5, 5.41) is 32.5. The lowest BCUT2D eigenvalue weighted by atomic mass is 9.32. The van der Waals surface area contributed by atoms with Gasteiger partial charge in [-0.1, -0.05) is 77.1 Å². The monoisotopic (exact) mass is 700 g/mol. The van der Waals surface area contributed by atoms with Crippen molar-refractivity contribution in [3.8, 4) is 0 Å². The summed E-state index contributed by atoms with van der Waals surface area (Å²) in [5.74, 6) is 0.957. The fourth-order valence-corrected chi connectivity index (χ4v) is 14.1. The molecule has 50 heavy (non-hydrogen) atoms. The Morgan fingerprint density at radius 2 is 1.64 bits per heavy atom. The Labute approximate surface area is 301 Å². The molecule has 1 amide bonds. The lowest BCUT2D eigenvalue weighted by Gasteiger charge is -2.72. The minimum atomic E-state index is -1.46. The predicted octanol–water partition coefficient (Wildman–Crippen LogP) is 9.42. The Balaban J connectivity index is 1.21. The maximum Gasteiger partial charge on any atom is 0.355 e. The Morgan fingerprint density at radius 3 is 2.26 bits per heavy atom. The Morgan fingerprint density at radius 1 is 0.940 bits per heavy atom. The van der Waals surface area contributed by atoms with Gasteiger partial charge in [0.2, 0.25) is 5.91 Å². The molecular formula is C42H56N2O5S. The molecule has 2 aromatic rings. The summed E-state index contributed by atoms with van der Waals surface area (Å²) in [5.41, 5.74) is 4.09. The molecule has 1 aromatic carbocycles. The summed E-state index contributed by atoms with van der Waals surface area (Å²) in [7, 11) is 0. The minimum absolute atomic E-state index is 0.0180. The van der Waals surface area contributed by atoms with Crippen molar-refractivity contribution < 1.29 is 24.9 Å². The molecule has 4 fully saturated rings. The van der Waals surface area contributed by atoms with Crippen LogP contribution in [0.1, 0.15) is 132 Å². The number of allylic oxidation sites excluding steroid dienone is 3. The van der Waals surface area contributed by atoms with Crippen molar-refractivity contribution in [1.29, 1.82) is 0 Å². The van der Waals surface area contributed by atoms with Crippen LogP contribution in [0.3, 0.4) is 0 Å². The number of nitrogens with one attached hydrogen (secondary N) is 1. The zero-order chi connectivity index (χ0) is 36.2. The summed E-state index contributed by atoms with van der Waals surface area (Å²) in [6.45, 7) is 21.0. The van der Waals surface area contributed by atoms with E-state index in [1.54, 1.807) is 6.92 Å². The van der Waals surface area contributed by atoms with E-state index < -0.39 is 17.7 Å². The third-order valence-corrected chi connectivity index (χ3v) is 16.7. The number of amides is 1. The number of aliphatic hydroxyl groups is 2. The molecule has 4 saturated carbocycles. The van der Waals surface area contributed by atoms with E-state index in [9.17, 15) is 24.9 Å². The topological polar surface area (TPSA) is 120 Å². The van der Waals surface area contributed by atoms with Crippen LogP contribution in [0.2, 0.25) is 0 Å². The third-order valence-electron chi connectivity index (χ3n) is 15.8. The zero-order valence-corrected chi connectivity index (χ0v) is 31.8. The third kappa shape index (κ3) is 4.90. The van der Waals surface area contributed by atoms with E-state index >= 15 is 0 Å². The molecule has 0 unspecified atom stereocenters. The van der Waals surface area contributed by atoms with Crippen LogP contribution in [0.15, 0.2) is 42.5 Å². The minimum Gasteiger partial charge on any atom is -0.476 e. The van der Waals surface area contributed by atoms with Gasteiger partial charge in [0.05, 0.1) is 5.41 Å². The molecule has 1 aromatic heterocycles. The first-order chi connectivity index (χ1) is 23.4. The number of thiazole rings is 1. The van der Waals surface area contributed by atoms with Gasteiger partial charge < -0.3 is 20.6 Å². The van der Waals surface area contributed by atoms with Crippen LogP contribution in [0.4, 0.5) is 5.13 Å². The van der Waals surface area contributed by atoms with Crippen LogP contribution in [0, 0.1) is 63.6 Å². The van der Waals surface area contributed by atoms with E-state index in [-0.39, 0.29) is 39.2 Å². The summed E-state index contributed by atoms with van der Waals surface area (Å²) in [6.07, 6.45) is 10.4. The average Bonchev–Trinajstić information content (AvgIpc) is 3.62. The second-order valence-corrected chi connectivity index (χ2v) is 19.3. The molecule has 7 nitrogen and oxygen atoms in total. The number of carboxylic acids is 1. The number of rotatable bonds is 6. The Hall–Kier alpha value is -2.81. The van der Waals surface area contributed by atoms with Crippen LogP contribution < -0.4 is 5.32 Å². The number of anilines is 1. The molecule has 0 spiro atoms. The summed E-state index contributed by atoms with van der Waals surface area (Å²) >= 11 is 1.25. The van der Waals surface area contributed by atoms with Crippen LogP contribution in [0.25, 0.3) is 5.57 Å². The van der Waals surface area contributed by atoms with Gasteiger partial charge in [-0.05, 0) is 134 Å². The van der Waals surface area contributed by atoms with Crippen molar-refractivity contribution in [3.05, 3.63) is 64.2 Å². The van der Waals surface area contributed by atoms with Crippen LogP contribution in [0.5, 0.6) is 0 Å². The van der Waals surface area contributed by atoms with Crippen LogP contribution in [-0.4, -0.2) is 32.2 Å². The SMILES string of the molecule is C=C(C)[C@@H]1CC[C@]2(C(=O)Nc3nc(C(=O)O)c(C)s3)CC[C@]3(C)[C@H](CC[C@@H]4[C@@]5(C)CC=C(c6ccc(C(O)O)cc6)C(C)(C)[C@@H]5CC[C@]43C)[C@@H]12. The standard InChI is InChI=1S/C42H56N2O5S/c1-23(2)27-15-20-42(36(49)44-37-43-33(35(47)48)24(3)50-37)22-21-40(7)29(32(27)42)13-14-31-39(6)18-16-28(25-9-11-26(12-10-25)34(45)46)38(4,5)30(39)17-19-41(31,40)8/h9-12,16,27,29-32,34,45-46H,1,13-15,17-22H2,2-8H3,(H,47,48)(H,43,44,49)/t27-,29+,30-,31+,32+,39-,40+,41+,42-/m0/s1. The largest absolute Gasteiger partial charge is 0.476 e. The molecule has 1 heterocycles. The van der Waals surface area contributed by atoms with Crippen molar-refractivity contribution in [1.82, 2.24) is 4.98 Å². The highest BCUT2D eigenvalue weighted by molar-refractivity contribution is 7.16. The number of aromatic nitrogens is 1. The van der Waals surface area contributed by atoms with Gasteiger partial charge in [0.15, 0.2) is 17.1 Å². The molecule has 5 aliphatic carbocycles. The molecule has 8 heteroatoms. The number of carbonyl (C=O) groups excluding carboxylic acids is 1. The number of hydrogen-bond donors (Lipinski definition) is 4. The van der Waals surface area contributed by atoms with E-state index in [1.165, 1.54) is 40.9 Å². The molecule has 0 saturated heterocycles. The second-order valence-electron chi connectivity index (χ2n) is 18.1. The molecule has 0 bridgehead atoms. The zero-order valence-electron chi connectivity index (χ0n) is 30.9. The van der Waals surface area contributed by atoms with E-state index in [2.05, 4.69) is 76.6 Å². The van der Waals surface area contributed by atoms with Gasteiger partial charge in [-0.15, -0.1) is 11.3 Å². The summed E-state index contributed by atoms with van der Waals surface area (Å²) in [4.78, 5) is 31.2. The maximum atomic E-state index is 14.5. The first-order valence-corrected chi connectivity index (χ1v) is 19.6. The normalized spacial score (nSPS) is 38.7. The number of fused-ring (bicyclic) bond motifs is 7. The fraction of sp³-hybridized carbons (Fsp3) is 0.643. The molecule has 7 rings (SSSR count). The quantitative estimate of drug-likeness (QED) is 0.176. The number of aromatic carboxylic acids is 1. The summed E-state index contributed by atoms with van der Waals surface area (Å²) in [6, 6.07) is 7.77. The van der Waals surface area contributed by atoms with Gasteiger partial charge in [0.25, 0.3) is 0 Å². The number of benzene rings is 1. The number of carboxylic acid groups (broad SMARTS) is 1. The lowest BCUT2D eigenvalue weighted by molar-refractivity contribution is -0.224. The average molecular weight is 701 g/mol. The van der Waals surface area contributed by atoms with Gasteiger partial charge in [-0.3, -0.25) is 4.79 Å². The van der Waals surface area contributed by atoms with Gasteiger partial charge >= 0.3 is 5.97 Å². The van der Waals surface area contributed by atoms with Crippen LogP contribution in [-0.2, 0) is 4.79 Å². The van der Waals surface area contributed by atoms with Crippen molar-refractivity contribution in [3.63, 3.8) is 0 Å². The van der Waals surface area contributed by atoms with Gasteiger partial charge in [0.1, 0.15) is 0 Å². The Kier molecular flexibility index (Phi) is 8.44. The smallest absolute Gasteiger partial charge is 0.355 e. The summed E-state index contributed by atoms with van der Waals surface area (Å²) < 4.78 is 0. The molecule has 9 atom stereocenters. The highest BCUT2D eigenvalue weighted by atomic mass is 32.1. The molecule has 0 radical (unpaired) electrons. The molecular weight excluding hydrogens is 645 g/mol. The van der Waals surface area contributed by atoms with Gasteiger partial charge in [0, 0.05) is 10.4 Å². The van der Waals surface area contributed by atoms with Crippen molar-refractivity contribution in [2.75, 3.05) is 5.32 Å². The Bertz CT molecular complexity index is 1760. The molecule has 270 valence electrons. The fourth-order valence-electron chi connectivity index (χ4n) is 13.3. The van der Waals surface area contributed by atoms with Crippen molar-refractivity contribution in [2.24, 2.45) is 56.7 Å². The molecule has 5 aliphatic rings. The number of carbonyl (C=O) groups is 2. The molecule has 0 aliphatic heterocycles. The van der Waals surface area contributed by atoms with Crippen molar-refractivity contribution in [2.45, 2.75) is 113 Å². The number of aryl methyl sites for hydroxylation is 1. The lowest BCUT2D eigenvalue weighted by Crippen LogP contribution is -2.66. The maximum absolute atomic E-state index is 14.5. The number of aliphatic hydroxyl groups excluding tert-OH is 1. The van der Waals surface area contributed by atoms with Crippen LogP contribution >= 0.6 is 11.3 Å². The second kappa shape index (κ2) is 11.9. The van der Waals surface area contributed by atoms with E-state index in [0.29, 0.717) is 39.2 Å².